The molecule has 3 aromatic rings. The lowest BCUT2D eigenvalue weighted by Gasteiger charge is -2.25. The molecule has 0 heterocycles. The summed E-state index contributed by atoms with van der Waals surface area (Å²) in [5, 5.41) is 1.20. The van der Waals surface area contributed by atoms with E-state index in [9.17, 15) is 38.9 Å². The van der Waals surface area contributed by atoms with E-state index in [2.05, 4.69) is 98.5 Å². The van der Waals surface area contributed by atoms with Crippen LogP contribution in [0.4, 0.5) is 0 Å². The summed E-state index contributed by atoms with van der Waals surface area (Å²) < 4.78 is 99.8. The average molecular weight is 806 g/mol. The van der Waals surface area contributed by atoms with Crippen molar-refractivity contribution in [3.05, 3.63) is 71.3 Å². The van der Waals surface area contributed by atoms with Gasteiger partial charge in [-0.25, -0.2) is 0 Å². The fourth-order valence-electron chi connectivity index (χ4n) is 3.36. The van der Waals surface area contributed by atoms with Crippen molar-refractivity contribution in [2.75, 3.05) is 42.3 Å². The summed E-state index contributed by atoms with van der Waals surface area (Å²) >= 11 is 0. The number of benzene rings is 3. The van der Waals surface area contributed by atoms with Crippen molar-refractivity contribution in [2.45, 2.75) is 95.1 Å². The summed E-state index contributed by atoms with van der Waals surface area (Å²) in [4.78, 5) is 5.31. The Balaban J connectivity index is 0.00000119. The van der Waals surface area contributed by atoms with Crippen molar-refractivity contribution in [2.24, 2.45) is 0 Å². The molecule has 0 aliphatic carbocycles. The molecule has 0 spiro atoms. The molecule has 0 saturated heterocycles. The minimum Gasteiger partial charge on any atom is -0.307 e. The maximum absolute atomic E-state index is 11.8. The summed E-state index contributed by atoms with van der Waals surface area (Å²) in [6.45, 7) is 18.0. The maximum atomic E-state index is 11.8. The molecule has 0 bridgehead atoms. The molecular weight excluding hydrogens is 746 g/mol. The third-order valence-electron chi connectivity index (χ3n) is 8.26. The average Bonchev–Trinajstić information content (AvgIpc) is 2.99. The van der Waals surface area contributed by atoms with Crippen LogP contribution in [0.5, 0.6) is 0 Å². The summed E-state index contributed by atoms with van der Waals surface area (Å²) in [7, 11) is -3.13. The molecule has 12 nitrogen and oxygen atoms in total. The molecule has 0 atom stereocenters. The van der Waals surface area contributed by atoms with E-state index < -0.39 is 53.0 Å². The normalized spacial score (nSPS) is 12.2. The van der Waals surface area contributed by atoms with Gasteiger partial charge in [0.05, 0.1) is 14.7 Å². The SMILES string of the molecule is CC(C)N(C)C.CC(C)N(C)C.CC(C)N(C)C.Cc1ccc(S(=O)(=O)O)cc1P(c1cc(S(=O)(=O)O)ccc1C)c1cc(S(=O)(=O)O)ccc1C. The topological polar surface area (TPSA) is 173 Å². The predicted molar refractivity (Wildman–Crippen MR) is 215 cm³/mol. The van der Waals surface area contributed by atoms with E-state index >= 15 is 0 Å². The van der Waals surface area contributed by atoms with E-state index in [1.165, 1.54) is 54.6 Å². The Labute approximate surface area is 315 Å². The van der Waals surface area contributed by atoms with Crippen LogP contribution in [0.2, 0.25) is 0 Å². The van der Waals surface area contributed by atoms with Gasteiger partial charge >= 0.3 is 0 Å². The van der Waals surface area contributed by atoms with Crippen LogP contribution in [-0.2, 0) is 30.4 Å². The second-order valence-corrected chi connectivity index (χ2v) is 20.2. The van der Waals surface area contributed by atoms with Crippen LogP contribution in [0.15, 0.2) is 69.3 Å². The van der Waals surface area contributed by atoms with Gasteiger partial charge < -0.3 is 14.7 Å². The molecule has 0 aliphatic rings. The van der Waals surface area contributed by atoms with Crippen LogP contribution in [0.25, 0.3) is 0 Å². The number of rotatable bonds is 9. The van der Waals surface area contributed by atoms with Gasteiger partial charge in [-0.3, -0.25) is 13.7 Å². The molecule has 3 N–H and O–H groups in total. The van der Waals surface area contributed by atoms with Crippen molar-refractivity contribution in [3.8, 4) is 0 Å². The van der Waals surface area contributed by atoms with Gasteiger partial charge in [0, 0.05) is 18.1 Å². The molecular formula is C36H60N3O9PS3. The van der Waals surface area contributed by atoms with Gasteiger partial charge in [-0.05, 0) is 182 Å². The highest BCUT2D eigenvalue weighted by Gasteiger charge is 2.27. The van der Waals surface area contributed by atoms with Gasteiger partial charge in [-0.2, -0.15) is 25.3 Å². The first-order valence-corrected chi connectivity index (χ1v) is 22.1. The van der Waals surface area contributed by atoms with Crippen LogP contribution in [-0.4, -0.2) is 114 Å². The number of aryl methyl sites for hydroxylation is 3. The van der Waals surface area contributed by atoms with E-state index in [1.807, 2.05) is 0 Å². The summed E-state index contributed by atoms with van der Waals surface area (Å²) in [6, 6.07) is 13.8. The van der Waals surface area contributed by atoms with Crippen molar-refractivity contribution < 1.29 is 38.9 Å². The second kappa shape index (κ2) is 21.0. The zero-order valence-electron chi connectivity index (χ0n) is 33.2. The van der Waals surface area contributed by atoms with E-state index in [1.54, 1.807) is 20.8 Å². The third kappa shape index (κ3) is 16.8. The monoisotopic (exact) mass is 805 g/mol. The van der Waals surface area contributed by atoms with Gasteiger partial charge in [0.1, 0.15) is 0 Å². The molecule has 0 amide bonds. The first-order valence-electron chi connectivity index (χ1n) is 16.5. The van der Waals surface area contributed by atoms with Crippen LogP contribution in [0.3, 0.4) is 0 Å². The van der Waals surface area contributed by atoms with E-state index in [0.717, 1.165) is 0 Å². The van der Waals surface area contributed by atoms with Crippen molar-refractivity contribution >= 4 is 54.2 Å². The zero-order valence-corrected chi connectivity index (χ0v) is 36.6. The summed E-state index contributed by atoms with van der Waals surface area (Å²) in [6.07, 6.45) is 0. The highest BCUT2D eigenvalue weighted by molar-refractivity contribution is 7.86. The Kier molecular flexibility index (Phi) is 20.0. The van der Waals surface area contributed by atoms with Gasteiger partial charge in [-0.15, -0.1) is 0 Å². The van der Waals surface area contributed by atoms with Crippen LogP contribution in [0, 0.1) is 20.8 Å². The molecule has 0 aromatic heterocycles. The second-order valence-electron chi connectivity index (χ2n) is 13.8. The Bertz CT molecular complexity index is 1690. The Hall–Kier alpha value is -2.30. The minimum atomic E-state index is -4.58. The number of hydrogen-bond acceptors (Lipinski definition) is 9. The molecule has 0 aliphatic heterocycles. The number of nitrogens with zero attached hydrogens (tertiary/aromatic N) is 3. The molecule has 296 valence electrons. The minimum absolute atomic E-state index is 0.396. The number of hydrogen-bond donors (Lipinski definition) is 3. The van der Waals surface area contributed by atoms with Crippen LogP contribution >= 0.6 is 7.92 Å². The van der Waals surface area contributed by atoms with Gasteiger partial charge in [0.2, 0.25) is 0 Å². The Morgan fingerprint density at radius 3 is 0.750 bits per heavy atom. The predicted octanol–water partition coefficient (Wildman–Crippen LogP) is 4.98. The lowest BCUT2D eigenvalue weighted by Crippen LogP contribution is -2.27. The Morgan fingerprint density at radius 2 is 0.615 bits per heavy atom. The standard InChI is InChI=1S/C21H21O9PS3.3C5H13N/c1-13-4-7-16(32(22,23)24)10-19(13)31(20-11-17(33(25,26)27)8-5-14(20)2)21-12-18(34(28,29)30)9-6-15(21)3;3*1-5(2)6(3)4/h4-12H,1-3H3,(H,22,23,24)(H,25,26,27)(H,28,29,30);3*5H,1-4H3. The molecule has 16 heteroatoms. The van der Waals surface area contributed by atoms with Crippen molar-refractivity contribution in [3.63, 3.8) is 0 Å². The molecule has 0 saturated carbocycles. The molecule has 52 heavy (non-hydrogen) atoms. The summed E-state index contributed by atoms with van der Waals surface area (Å²) in [5.74, 6) is 0. The van der Waals surface area contributed by atoms with Gasteiger partial charge in [-0.1, -0.05) is 18.2 Å². The van der Waals surface area contributed by atoms with Crippen LogP contribution < -0.4 is 15.9 Å². The lowest BCUT2D eigenvalue weighted by molar-refractivity contribution is 0.335. The van der Waals surface area contributed by atoms with E-state index in [0.29, 0.717) is 50.7 Å². The maximum Gasteiger partial charge on any atom is 0.294 e. The Morgan fingerprint density at radius 1 is 0.442 bits per heavy atom. The highest BCUT2D eigenvalue weighted by Crippen LogP contribution is 2.38. The third-order valence-corrected chi connectivity index (χ3v) is 13.7. The molecule has 0 fully saturated rings. The molecule has 0 unspecified atom stereocenters. The van der Waals surface area contributed by atoms with Gasteiger partial charge in [0.25, 0.3) is 30.4 Å². The molecule has 3 rings (SSSR count). The lowest BCUT2D eigenvalue weighted by atomic mass is 10.2. The first-order chi connectivity index (χ1) is 23.4. The van der Waals surface area contributed by atoms with E-state index in [4.69, 9.17) is 0 Å². The molecule has 3 aromatic carbocycles. The summed E-state index contributed by atoms with van der Waals surface area (Å²) in [5.41, 5.74) is 1.77. The van der Waals surface area contributed by atoms with Gasteiger partial charge in [0.15, 0.2) is 0 Å². The highest BCUT2D eigenvalue weighted by atomic mass is 32.2. The fourth-order valence-corrected chi connectivity index (χ4v) is 8.01. The van der Waals surface area contributed by atoms with Crippen LogP contribution in [0.1, 0.15) is 58.2 Å². The smallest absolute Gasteiger partial charge is 0.294 e. The molecule has 0 radical (unpaired) electrons. The van der Waals surface area contributed by atoms with Crippen molar-refractivity contribution in [1.29, 1.82) is 0 Å². The fraction of sp³-hybridized carbons (Fsp3) is 0.500. The zero-order chi connectivity index (χ0) is 41.1. The first kappa shape index (κ1) is 49.7. The largest absolute Gasteiger partial charge is 0.307 e. The van der Waals surface area contributed by atoms with E-state index in [-0.39, 0.29) is 0 Å². The van der Waals surface area contributed by atoms with Crippen molar-refractivity contribution in [1.82, 2.24) is 14.7 Å². The quantitative estimate of drug-likeness (QED) is 0.196.